The molecule has 1 aliphatic rings. The zero-order valence-electron chi connectivity index (χ0n) is 21.2. The number of benzene rings is 2. The number of carbonyl (C=O) groups excluding carboxylic acids is 1. The van der Waals surface area contributed by atoms with Gasteiger partial charge in [-0.15, -0.1) is 0 Å². The highest BCUT2D eigenvalue weighted by molar-refractivity contribution is 7.89. The number of ether oxygens (including phenoxy) is 4. The number of amides is 1. The molecule has 35 heavy (non-hydrogen) atoms. The van der Waals surface area contributed by atoms with Crippen molar-refractivity contribution in [2.45, 2.75) is 31.2 Å². The molecule has 1 aliphatic heterocycles. The Morgan fingerprint density at radius 1 is 1.00 bits per heavy atom. The van der Waals surface area contributed by atoms with Crippen molar-refractivity contribution < 1.29 is 32.2 Å². The zero-order chi connectivity index (χ0) is 25.8. The normalized spacial score (nSPS) is 16.5. The molecule has 0 unspecified atom stereocenters. The van der Waals surface area contributed by atoms with Gasteiger partial charge in [0.15, 0.2) is 11.5 Å². The lowest BCUT2D eigenvalue weighted by molar-refractivity contribution is -0.135. The predicted octanol–water partition coefficient (Wildman–Crippen LogP) is 3.09. The lowest BCUT2D eigenvalue weighted by Gasteiger charge is -2.33. The van der Waals surface area contributed by atoms with Crippen LogP contribution in [0.15, 0.2) is 35.2 Å². The standard InChI is InChI=1S/C25H34N2O7S/c1-17-12-20(9-10-21(17)31-3)35(29,30)27-11-7-8-19(16-27)25(28)26(2)15-18-13-22(32-4)24(34-6)23(14-18)33-5/h9-10,12-14,19H,7-8,11,15-16H2,1-6H3/t19-/m0/s1. The fraction of sp³-hybridized carbons (Fsp3) is 0.480. The Bertz CT molecular complexity index is 1140. The van der Waals surface area contributed by atoms with Crippen molar-refractivity contribution in [2.24, 2.45) is 5.92 Å². The summed E-state index contributed by atoms with van der Waals surface area (Å²) in [7, 11) is 4.15. The maximum Gasteiger partial charge on any atom is 0.243 e. The number of rotatable bonds is 9. The van der Waals surface area contributed by atoms with Crippen molar-refractivity contribution >= 4 is 15.9 Å². The highest BCUT2D eigenvalue weighted by Crippen LogP contribution is 2.38. The molecule has 1 heterocycles. The third-order valence-electron chi connectivity index (χ3n) is 6.26. The fourth-order valence-electron chi connectivity index (χ4n) is 4.41. The van der Waals surface area contributed by atoms with Crippen molar-refractivity contribution in [1.29, 1.82) is 0 Å². The minimum atomic E-state index is -3.73. The summed E-state index contributed by atoms with van der Waals surface area (Å²) in [5.74, 6) is 1.59. The number of sulfonamides is 1. The van der Waals surface area contributed by atoms with E-state index in [4.69, 9.17) is 18.9 Å². The molecule has 0 aliphatic carbocycles. The first kappa shape index (κ1) is 26.6. The van der Waals surface area contributed by atoms with Crippen LogP contribution in [0.25, 0.3) is 0 Å². The van der Waals surface area contributed by atoms with E-state index in [1.165, 1.54) is 25.6 Å². The Morgan fingerprint density at radius 3 is 2.17 bits per heavy atom. The predicted molar refractivity (Wildman–Crippen MR) is 132 cm³/mol. The number of carbonyl (C=O) groups is 1. The van der Waals surface area contributed by atoms with E-state index in [1.807, 2.05) is 0 Å². The molecule has 10 heteroatoms. The summed E-state index contributed by atoms with van der Waals surface area (Å²) in [4.78, 5) is 15.1. The van der Waals surface area contributed by atoms with Crippen molar-refractivity contribution in [2.75, 3.05) is 48.6 Å². The van der Waals surface area contributed by atoms with Crippen LogP contribution in [0.4, 0.5) is 0 Å². The maximum absolute atomic E-state index is 13.3. The average Bonchev–Trinajstić information content (AvgIpc) is 2.87. The van der Waals surface area contributed by atoms with Gasteiger partial charge in [-0.05, 0) is 61.2 Å². The summed E-state index contributed by atoms with van der Waals surface area (Å²) in [6, 6.07) is 8.41. The largest absolute Gasteiger partial charge is 0.496 e. The number of nitrogens with zero attached hydrogens (tertiary/aromatic N) is 2. The Labute approximate surface area is 207 Å². The molecule has 0 bridgehead atoms. The van der Waals surface area contributed by atoms with Gasteiger partial charge < -0.3 is 23.8 Å². The summed E-state index contributed by atoms with van der Waals surface area (Å²) < 4.78 is 49.4. The summed E-state index contributed by atoms with van der Waals surface area (Å²) in [6.45, 7) is 2.65. The molecule has 2 aromatic rings. The van der Waals surface area contributed by atoms with E-state index in [9.17, 15) is 13.2 Å². The molecule has 2 aromatic carbocycles. The van der Waals surface area contributed by atoms with Crippen LogP contribution in [-0.2, 0) is 21.4 Å². The Morgan fingerprint density at radius 2 is 1.63 bits per heavy atom. The van der Waals surface area contributed by atoms with Crippen LogP contribution >= 0.6 is 0 Å². The molecule has 9 nitrogen and oxygen atoms in total. The number of methoxy groups -OCH3 is 4. The van der Waals surface area contributed by atoms with Gasteiger partial charge in [-0.2, -0.15) is 4.31 Å². The third-order valence-corrected chi connectivity index (χ3v) is 8.12. The number of hydrogen-bond acceptors (Lipinski definition) is 7. The molecule has 0 N–H and O–H groups in total. The summed E-state index contributed by atoms with van der Waals surface area (Å²) >= 11 is 0. The van der Waals surface area contributed by atoms with E-state index in [2.05, 4.69) is 0 Å². The van der Waals surface area contributed by atoms with Gasteiger partial charge in [-0.1, -0.05) is 0 Å². The molecule has 0 spiro atoms. The Kier molecular flexibility index (Phi) is 8.50. The van der Waals surface area contributed by atoms with E-state index < -0.39 is 15.9 Å². The second kappa shape index (κ2) is 11.2. The topological polar surface area (TPSA) is 94.6 Å². The second-order valence-electron chi connectivity index (χ2n) is 8.56. The number of piperidine rings is 1. The van der Waals surface area contributed by atoms with Gasteiger partial charge in [-0.25, -0.2) is 8.42 Å². The molecule has 0 aromatic heterocycles. The summed E-state index contributed by atoms with van der Waals surface area (Å²) in [6.07, 6.45) is 1.24. The second-order valence-corrected chi connectivity index (χ2v) is 10.5. The van der Waals surface area contributed by atoms with Gasteiger partial charge >= 0.3 is 0 Å². The van der Waals surface area contributed by atoms with Gasteiger partial charge in [0.25, 0.3) is 0 Å². The smallest absolute Gasteiger partial charge is 0.243 e. The minimum Gasteiger partial charge on any atom is -0.496 e. The van der Waals surface area contributed by atoms with Crippen molar-refractivity contribution in [3.8, 4) is 23.0 Å². The average molecular weight is 507 g/mol. The lowest BCUT2D eigenvalue weighted by atomic mass is 9.98. The monoisotopic (exact) mass is 506 g/mol. The van der Waals surface area contributed by atoms with Crippen LogP contribution in [0.2, 0.25) is 0 Å². The van der Waals surface area contributed by atoms with Gasteiger partial charge in [0.1, 0.15) is 5.75 Å². The first-order valence-electron chi connectivity index (χ1n) is 11.3. The zero-order valence-corrected chi connectivity index (χ0v) is 22.0. The van der Waals surface area contributed by atoms with E-state index in [0.29, 0.717) is 48.9 Å². The van der Waals surface area contributed by atoms with E-state index in [0.717, 1.165) is 11.1 Å². The van der Waals surface area contributed by atoms with Crippen LogP contribution in [0.1, 0.15) is 24.0 Å². The van der Waals surface area contributed by atoms with Crippen molar-refractivity contribution in [1.82, 2.24) is 9.21 Å². The molecule has 1 amide bonds. The van der Waals surface area contributed by atoms with E-state index in [1.54, 1.807) is 56.3 Å². The van der Waals surface area contributed by atoms with Crippen LogP contribution in [-0.4, -0.2) is 72.1 Å². The van der Waals surface area contributed by atoms with Crippen LogP contribution in [0, 0.1) is 12.8 Å². The van der Waals surface area contributed by atoms with Gasteiger partial charge in [0, 0.05) is 26.7 Å². The van der Waals surface area contributed by atoms with Gasteiger partial charge in [-0.3, -0.25) is 4.79 Å². The Balaban J connectivity index is 1.75. The van der Waals surface area contributed by atoms with Gasteiger partial charge in [0.2, 0.25) is 21.7 Å². The molecular weight excluding hydrogens is 472 g/mol. The van der Waals surface area contributed by atoms with Crippen molar-refractivity contribution in [3.05, 3.63) is 41.5 Å². The summed E-state index contributed by atoms with van der Waals surface area (Å²) in [5.41, 5.74) is 1.55. The van der Waals surface area contributed by atoms with Crippen LogP contribution in [0.5, 0.6) is 23.0 Å². The van der Waals surface area contributed by atoms with Gasteiger partial charge in [0.05, 0.1) is 39.3 Å². The highest BCUT2D eigenvalue weighted by atomic mass is 32.2. The quantitative estimate of drug-likeness (QED) is 0.516. The molecular formula is C25H34N2O7S. The first-order chi connectivity index (χ1) is 16.7. The fourth-order valence-corrected chi connectivity index (χ4v) is 6.02. The Hall–Kier alpha value is -2.98. The molecule has 1 atom stereocenters. The van der Waals surface area contributed by atoms with Crippen LogP contribution < -0.4 is 18.9 Å². The first-order valence-corrected chi connectivity index (χ1v) is 12.8. The minimum absolute atomic E-state index is 0.107. The van der Waals surface area contributed by atoms with Crippen LogP contribution in [0.3, 0.4) is 0 Å². The number of aryl methyl sites for hydroxylation is 1. The van der Waals surface area contributed by atoms with Crippen molar-refractivity contribution in [3.63, 3.8) is 0 Å². The molecule has 0 saturated carbocycles. The number of hydrogen-bond donors (Lipinski definition) is 0. The van der Waals surface area contributed by atoms with E-state index >= 15 is 0 Å². The third kappa shape index (κ3) is 5.65. The highest BCUT2D eigenvalue weighted by Gasteiger charge is 2.34. The molecule has 192 valence electrons. The molecule has 1 saturated heterocycles. The van der Waals surface area contributed by atoms with E-state index in [-0.39, 0.29) is 17.3 Å². The lowest BCUT2D eigenvalue weighted by Crippen LogP contribution is -2.45. The molecule has 0 radical (unpaired) electrons. The summed E-state index contributed by atoms with van der Waals surface area (Å²) in [5, 5.41) is 0. The maximum atomic E-state index is 13.3. The SMILES string of the molecule is COc1ccc(S(=O)(=O)N2CCC[C@H](C(=O)N(C)Cc3cc(OC)c(OC)c(OC)c3)C2)cc1C. The molecule has 3 rings (SSSR count). The molecule has 1 fully saturated rings.